The summed E-state index contributed by atoms with van der Waals surface area (Å²) in [6.07, 6.45) is 1.50. The molecular weight excluding hydrogens is 324 g/mol. The predicted molar refractivity (Wildman–Crippen MR) is 96.9 cm³/mol. The number of amides is 1. The van der Waals surface area contributed by atoms with E-state index in [4.69, 9.17) is 17.3 Å². The summed E-state index contributed by atoms with van der Waals surface area (Å²) in [4.78, 5) is 13.8. The van der Waals surface area contributed by atoms with E-state index in [2.05, 4.69) is 5.32 Å². The summed E-state index contributed by atoms with van der Waals surface area (Å²) in [5.74, 6) is -0.181. The molecule has 0 aliphatic carbocycles. The number of benzene rings is 2. The third kappa shape index (κ3) is 4.51. The van der Waals surface area contributed by atoms with E-state index in [1.807, 2.05) is 48.5 Å². The number of hydrogen-bond donors (Lipinski definition) is 2. The van der Waals surface area contributed by atoms with Crippen molar-refractivity contribution in [2.45, 2.75) is 0 Å². The number of nitrogens with two attached hydrogens (primary N) is 1. The number of nitrogens with zero attached hydrogens (tertiary/aromatic N) is 2. The third-order valence-corrected chi connectivity index (χ3v) is 3.40. The van der Waals surface area contributed by atoms with Crippen LogP contribution in [0.4, 0.5) is 17.1 Å². The minimum atomic E-state index is -0.463. The molecule has 0 saturated heterocycles. The molecule has 0 aromatic heterocycles. The molecule has 0 spiro atoms. The average Bonchev–Trinajstić information content (AvgIpc) is 2.62. The van der Waals surface area contributed by atoms with Crippen LogP contribution in [0.15, 0.2) is 66.4 Å². The molecule has 3 N–H and O–H groups in total. The Morgan fingerprint density at radius 1 is 1.17 bits per heavy atom. The number of nitrogen functional groups attached to an aromatic ring is 1. The van der Waals surface area contributed by atoms with Crippen LogP contribution in [-0.4, -0.2) is 18.3 Å². The molecular formula is C18H17ClN4O. The van der Waals surface area contributed by atoms with Gasteiger partial charge in [-0.05, 0) is 36.4 Å². The zero-order valence-corrected chi connectivity index (χ0v) is 13.7. The molecule has 2 rings (SSSR count). The van der Waals surface area contributed by atoms with Gasteiger partial charge in [-0.15, -0.1) is 11.6 Å². The lowest BCUT2D eigenvalue weighted by Gasteiger charge is -2.21. The van der Waals surface area contributed by atoms with E-state index in [0.717, 1.165) is 11.4 Å². The summed E-state index contributed by atoms with van der Waals surface area (Å²) in [6.45, 7) is 0.298. The lowest BCUT2D eigenvalue weighted by molar-refractivity contribution is -0.117. The molecule has 122 valence electrons. The number of nitrogens with one attached hydrogen (secondary N) is 1. The van der Waals surface area contributed by atoms with E-state index in [1.54, 1.807) is 17.0 Å². The Morgan fingerprint density at radius 3 is 2.38 bits per heavy atom. The summed E-state index contributed by atoms with van der Waals surface area (Å²) in [6, 6.07) is 18.5. The number of rotatable bonds is 6. The van der Waals surface area contributed by atoms with Gasteiger partial charge in [0, 0.05) is 35.7 Å². The van der Waals surface area contributed by atoms with E-state index in [1.165, 1.54) is 6.20 Å². The number of alkyl halides is 1. The molecule has 0 aliphatic rings. The summed E-state index contributed by atoms with van der Waals surface area (Å²) >= 11 is 5.57. The van der Waals surface area contributed by atoms with Gasteiger partial charge in [0.25, 0.3) is 5.91 Å². The topological polar surface area (TPSA) is 82.2 Å². The minimum absolute atomic E-state index is 0.0132. The molecule has 0 bridgehead atoms. The lowest BCUT2D eigenvalue weighted by Crippen LogP contribution is -2.27. The van der Waals surface area contributed by atoms with Gasteiger partial charge in [-0.2, -0.15) is 5.26 Å². The highest BCUT2D eigenvalue weighted by molar-refractivity contribution is 6.18. The Labute approximate surface area is 145 Å². The Morgan fingerprint density at radius 2 is 1.79 bits per heavy atom. The van der Waals surface area contributed by atoms with Crippen molar-refractivity contribution in [3.05, 3.63) is 66.4 Å². The smallest absolute Gasteiger partial charge is 0.263 e. The highest BCUT2D eigenvalue weighted by Gasteiger charge is 2.13. The van der Waals surface area contributed by atoms with Gasteiger partial charge in [-0.3, -0.25) is 4.79 Å². The molecule has 24 heavy (non-hydrogen) atoms. The van der Waals surface area contributed by atoms with Gasteiger partial charge in [0.05, 0.1) is 0 Å². The monoisotopic (exact) mass is 340 g/mol. The normalized spacial score (nSPS) is 10.8. The molecule has 2 aromatic rings. The van der Waals surface area contributed by atoms with Crippen LogP contribution in [-0.2, 0) is 4.79 Å². The van der Waals surface area contributed by atoms with Crippen LogP contribution in [0, 0.1) is 11.3 Å². The van der Waals surface area contributed by atoms with Crippen molar-refractivity contribution in [2.24, 2.45) is 0 Å². The Balaban J connectivity index is 2.42. The van der Waals surface area contributed by atoms with Crippen molar-refractivity contribution in [2.75, 3.05) is 23.1 Å². The van der Waals surface area contributed by atoms with Gasteiger partial charge >= 0.3 is 0 Å². The number of carbonyl (C=O) groups is 1. The Bertz CT molecular complexity index is 751. The first-order valence-electron chi connectivity index (χ1n) is 7.31. The second-order valence-corrected chi connectivity index (χ2v) is 5.27. The van der Waals surface area contributed by atoms with E-state index >= 15 is 0 Å². The summed E-state index contributed by atoms with van der Waals surface area (Å²) < 4.78 is 0. The van der Waals surface area contributed by atoms with Gasteiger partial charge < -0.3 is 16.0 Å². The first kappa shape index (κ1) is 17.4. The van der Waals surface area contributed by atoms with Crippen LogP contribution in [0.3, 0.4) is 0 Å². The maximum Gasteiger partial charge on any atom is 0.263 e. The zero-order valence-electron chi connectivity index (χ0n) is 12.9. The molecule has 0 atom stereocenters. The van der Waals surface area contributed by atoms with Crippen molar-refractivity contribution < 1.29 is 4.79 Å². The number of nitriles is 1. The van der Waals surface area contributed by atoms with Crippen molar-refractivity contribution in [1.29, 1.82) is 5.26 Å². The van der Waals surface area contributed by atoms with Gasteiger partial charge in [0.15, 0.2) is 0 Å². The van der Waals surface area contributed by atoms with Gasteiger partial charge in [0.1, 0.15) is 11.6 Å². The van der Waals surface area contributed by atoms with Gasteiger partial charge in [-0.1, -0.05) is 18.2 Å². The maximum atomic E-state index is 12.1. The van der Waals surface area contributed by atoms with Crippen molar-refractivity contribution in [3.8, 4) is 6.07 Å². The molecule has 0 heterocycles. The minimum Gasteiger partial charge on any atom is -0.399 e. The Kier molecular flexibility index (Phi) is 6.23. The SMILES string of the molecule is N#C/C(=C/N(c1ccccc1)c1ccc(N)cc1)C(=O)NCCCl. The first-order chi connectivity index (χ1) is 11.7. The largest absolute Gasteiger partial charge is 0.399 e. The van der Waals surface area contributed by atoms with Gasteiger partial charge in [-0.25, -0.2) is 0 Å². The highest BCUT2D eigenvalue weighted by Crippen LogP contribution is 2.27. The maximum absolute atomic E-state index is 12.1. The summed E-state index contributed by atoms with van der Waals surface area (Å²) in [5.41, 5.74) is 7.96. The van der Waals surface area contributed by atoms with Crippen LogP contribution in [0.2, 0.25) is 0 Å². The fourth-order valence-corrected chi connectivity index (χ4v) is 2.14. The summed E-state index contributed by atoms with van der Waals surface area (Å²) in [5, 5.41) is 11.9. The fourth-order valence-electron chi connectivity index (χ4n) is 2.05. The van der Waals surface area contributed by atoms with E-state index in [0.29, 0.717) is 12.2 Å². The van der Waals surface area contributed by atoms with E-state index < -0.39 is 5.91 Å². The number of anilines is 3. The zero-order chi connectivity index (χ0) is 17.4. The number of halogens is 1. The molecule has 0 unspecified atom stereocenters. The lowest BCUT2D eigenvalue weighted by atomic mass is 10.2. The standard InChI is InChI=1S/C18H17ClN4O/c19-10-11-22-18(24)14(12-20)13-23(16-4-2-1-3-5-16)17-8-6-15(21)7-9-17/h1-9,13H,10-11,21H2,(H,22,24)/b14-13-. The van der Waals surface area contributed by atoms with Gasteiger partial charge in [0.2, 0.25) is 0 Å². The summed E-state index contributed by atoms with van der Waals surface area (Å²) in [7, 11) is 0. The molecule has 0 aliphatic heterocycles. The molecule has 0 radical (unpaired) electrons. The van der Waals surface area contributed by atoms with Crippen molar-refractivity contribution in [3.63, 3.8) is 0 Å². The second kappa shape index (κ2) is 8.61. The van der Waals surface area contributed by atoms with Crippen LogP contribution in [0.25, 0.3) is 0 Å². The average molecular weight is 341 g/mol. The second-order valence-electron chi connectivity index (χ2n) is 4.90. The van der Waals surface area contributed by atoms with Crippen molar-refractivity contribution in [1.82, 2.24) is 5.32 Å². The van der Waals surface area contributed by atoms with Crippen LogP contribution in [0.1, 0.15) is 0 Å². The predicted octanol–water partition coefficient (Wildman–Crippen LogP) is 3.17. The number of hydrogen-bond acceptors (Lipinski definition) is 4. The molecule has 2 aromatic carbocycles. The number of carbonyl (C=O) groups excluding carboxylic acids is 1. The first-order valence-corrected chi connectivity index (χ1v) is 7.85. The van der Waals surface area contributed by atoms with E-state index in [-0.39, 0.29) is 11.5 Å². The molecule has 0 fully saturated rings. The number of para-hydroxylation sites is 1. The highest BCUT2D eigenvalue weighted by atomic mass is 35.5. The molecule has 0 saturated carbocycles. The molecule has 5 nitrogen and oxygen atoms in total. The quantitative estimate of drug-likeness (QED) is 0.366. The van der Waals surface area contributed by atoms with Crippen molar-refractivity contribution >= 4 is 34.6 Å². The molecule has 1 amide bonds. The Hall–Kier alpha value is -2.97. The third-order valence-electron chi connectivity index (χ3n) is 3.21. The van der Waals surface area contributed by atoms with Crippen LogP contribution >= 0.6 is 11.6 Å². The fraction of sp³-hybridized carbons (Fsp3) is 0.111. The van der Waals surface area contributed by atoms with Crippen LogP contribution in [0.5, 0.6) is 0 Å². The van der Waals surface area contributed by atoms with Crippen LogP contribution < -0.4 is 16.0 Å². The van der Waals surface area contributed by atoms with E-state index in [9.17, 15) is 10.1 Å². The molecule has 6 heteroatoms.